The lowest BCUT2D eigenvalue weighted by Crippen LogP contribution is -2.43. The van der Waals surface area contributed by atoms with E-state index in [0.29, 0.717) is 12.1 Å². The number of hydrogen-bond acceptors (Lipinski definition) is 2. The Labute approximate surface area is 119 Å². The molecular weight excluding hydrogens is 260 g/mol. The van der Waals surface area contributed by atoms with Crippen LogP contribution in [0.15, 0.2) is 17.5 Å². The number of thiophene rings is 1. The maximum Gasteiger partial charge on any atom is 0.167 e. The molecule has 2 N–H and O–H groups in total. The summed E-state index contributed by atoms with van der Waals surface area (Å²) in [5.41, 5.74) is 0. The number of nitrogens with one attached hydrogen (secondary N) is 2. The third kappa shape index (κ3) is 3.95. The zero-order valence-corrected chi connectivity index (χ0v) is 12.6. The molecule has 0 saturated heterocycles. The maximum absolute atomic E-state index is 5.43. The first-order valence-corrected chi connectivity index (χ1v) is 8.19. The molecule has 2 rings (SSSR count). The Morgan fingerprint density at radius 1 is 1.44 bits per heavy atom. The van der Waals surface area contributed by atoms with Crippen molar-refractivity contribution >= 4 is 28.7 Å². The van der Waals surface area contributed by atoms with Gasteiger partial charge in [-0.25, -0.2) is 0 Å². The lowest BCUT2D eigenvalue weighted by Gasteiger charge is -2.26. The van der Waals surface area contributed by atoms with Gasteiger partial charge in [0.15, 0.2) is 5.11 Å². The van der Waals surface area contributed by atoms with Gasteiger partial charge < -0.3 is 10.6 Å². The second kappa shape index (κ2) is 7.10. The van der Waals surface area contributed by atoms with Crippen molar-refractivity contribution in [3.8, 4) is 0 Å². The minimum atomic E-state index is 0.355. The van der Waals surface area contributed by atoms with Crippen LogP contribution in [-0.4, -0.2) is 11.2 Å². The van der Waals surface area contributed by atoms with Crippen LogP contribution in [0.25, 0.3) is 0 Å². The molecule has 4 heteroatoms. The Morgan fingerprint density at radius 3 is 2.83 bits per heavy atom. The van der Waals surface area contributed by atoms with Crippen molar-refractivity contribution in [2.75, 3.05) is 0 Å². The van der Waals surface area contributed by atoms with E-state index in [1.165, 1.54) is 37.0 Å². The number of thiocarbonyl (C=S) groups is 1. The van der Waals surface area contributed by atoms with Crippen molar-refractivity contribution in [1.82, 2.24) is 10.6 Å². The van der Waals surface area contributed by atoms with E-state index in [0.717, 1.165) is 11.5 Å². The van der Waals surface area contributed by atoms with Gasteiger partial charge in [-0.3, -0.25) is 0 Å². The highest BCUT2D eigenvalue weighted by Crippen LogP contribution is 2.22. The summed E-state index contributed by atoms with van der Waals surface area (Å²) in [6.45, 7) is 2.20. The quantitative estimate of drug-likeness (QED) is 0.816. The van der Waals surface area contributed by atoms with Gasteiger partial charge in [-0.1, -0.05) is 32.3 Å². The highest BCUT2D eigenvalue weighted by molar-refractivity contribution is 7.80. The SMILES string of the molecule is CCC(NC(=S)NC1CCCCC1)c1cccs1. The van der Waals surface area contributed by atoms with Gasteiger partial charge >= 0.3 is 0 Å². The fourth-order valence-electron chi connectivity index (χ4n) is 2.50. The molecule has 1 saturated carbocycles. The van der Waals surface area contributed by atoms with E-state index in [9.17, 15) is 0 Å². The molecular formula is C14H22N2S2. The predicted molar refractivity (Wildman–Crippen MR) is 83.1 cm³/mol. The van der Waals surface area contributed by atoms with Crippen molar-refractivity contribution in [3.05, 3.63) is 22.4 Å². The summed E-state index contributed by atoms with van der Waals surface area (Å²) >= 11 is 7.23. The van der Waals surface area contributed by atoms with Gasteiger partial charge in [-0.05, 0) is 42.9 Å². The largest absolute Gasteiger partial charge is 0.360 e. The van der Waals surface area contributed by atoms with Crippen molar-refractivity contribution in [3.63, 3.8) is 0 Å². The normalized spacial score (nSPS) is 18.3. The van der Waals surface area contributed by atoms with Crippen LogP contribution in [-0.2, 0) is 0 Å². The van der Waals surface area contributed by atoms with E-state index in [1.54, 1.807) is 11.3 Å². The zero-order chi connectivity index (χ0) is 12.8. The minimum Gasteiger partial charge on any atom is -0.360 e. The molecule has 0 aromatic carbocycles. The van der Waals surface area contributed by atoms with E-state index < -0.39 is 0 Å². The van der Waals surface area contributed by atoms with Crippen molar-refractivity contribution < 1.29 is 0 Å². The van der Waals surface area contributed by atoms with Crippen molar-refractivity contribution in [2.24, 2.45) is 0 Å². The van der Waals surface area contributed by atoms with Crippen LogP contribution in [0.2, 0.25) is 0 Å². The Kier molecular flexibility index (Phi) is 5.45. The van der Waals surface area contributed by atoms with Gasteiger partial charge in [-0.2, -0.15) is 0 Å². The third-order valence-corrected chi connectivity index (χ3v) is 4.76. The molecule has 0 bridgehead atoms. The number of rotatable bonds is 4. The Hall–Kier alpha value is -0.610. The van der Waals surface area contributed by atoms with Gasteiger partial charge in [0.1, 0.15) is 0 Å². The molecule has 1 fully saturated rings. The van der Waals surface area contributed by atoms with Crippen LogP contribution < -0.4 is 10.6 Å². The fourth-order valence-corrected chi connectivity index (χ4v) is 3.67. The first-order chi connectivity index (χ1) is 8.79. The van der Waals surface area contributed by atoms with E-state index in [4.69, 9.17) is 12.2 Å². The Morgan fingerprint density at radius 2 is 2.22 bits per heavy atom. The average Bonchev–Trinajstić information content (AvgIpc) is 2.91. The summed E-state index contributed by atoms with van der Waals surface area (Å²) < 4.78 is 0. The molecule has 100 valence electrons. The monoisotopic (exact) mass is 282 g/mol. The lowest BCUT2D eigenvalue weighted by molar-refractivity contribution is 0.410. The van der Waals surface area contributed by atoms with Crippen LogP contribution in [0.5, 0.6) is 0 Å². The predicted octanol–water partition coefficient (Wildman–Crippen LogP) is 4.00. The first kappa shape index (κ1) is 13.8. The maximum atomic E-state index is 5.43. The summed E-state index contributed by atoms with van der Waals surface area (Å²) in [4.78, 5) is 1.37. The fraction of sp³-hybridized carbons (Fsp3) is 0.643. The standard InChI is InChI=1S/C14H22N2S2/c1-2-12(13-9-6-10-18-13)16-14(17)15-11-7-4-3-5-8-11/h6,9-12H,2-5,7-8H2,1H3,(H2,15,16,17). The van der Waals surface area contributed by atoms with Crippen LogP contribution in [0.4, 0.5) is 0 Å². The van der Waals surface area contributed by atoms with Gasteiger partial charge in [0.25, 0.3) is 0 Å². The van der Waals surface area contributed by atoms with E-state index in [1.807, 2.05) is 0 Å². The molecule has 18 heavy (non-hydrogen) atoms. The molecule has 0 aliphatic heterocycles. The Balaban J connectivity index is 1.82. The summed E-state index contributed by atoms with van der Waals surface area (Å²) in [6, 6.07) is 5.21. The molecule has 1 aliphatic rings. The van der Waals surface area contributed by atoms with E-state index in [-0.39, 0.29) is 0 Å². The summed E-state index contributed by atoms with van der Waals surface area (Å²) in [5, 5.41) is 9.86. The van der Waals surface area contributed by atoms with Gasteiger partial charge in [0.2, 0.25) is 0 Å². The average molecular weight is 282 g/mol. The molecule has 1 heterocycles. The third-order valence-electron chi connectivity index (χ3n) is 3.54. The smallest absolute Gasteiger partial charge is 0.167 e. The van der Waals surface area contributed by atoms with E-state index in [2.05, 4.69) is 35.1 Å². The molecule has 0 amide bonds. The summed E-state index contributed by atoms with van der Waals surface area (Å²) in [7, 11) is 0. The topological polar surface area (TPSA) is 24.1 Å². The lowest BCUT2D eigenvalue weighted by atomic mass is 9.96. The van der Waals surface area contributed by atoms with Crippen molar-refractivity contribution in [2.45, 2.75) is 57.5 Å². The zero-order valence-electron chi connectivity index (χ0n) is 10.9. The molecule has 0 radical (unpaired) electrons. The second-order valence-corrected chi connectivity index (χ2v) is 6.32. The minimum absolute atomic E-state index is 0.355. The van der Waals surface area contributed by atoms with Gasteiger partial charge in [-0.15, -0.1) is 11.3 Å². The van der Waals surface area contributed by atoms with E-state index >= 15 is 0 Å². The molecule has 0 spiro atoms. The second-order valence-electron chi connectivity index (χ2n) is 4.93. The summed E-state index contributed by atoms with van der Waals surface area (Å²) in [6.07, 6.45) is 7.64. The number of hydrogen-bond donors (Lipinski definition) is 2. The van der Waals surface area contributed by atoms with Crippen LogP contribution in [0, 0.1) is 0 Å². The Bertz CT molecular complexity index is 356. The molecule has 1 unspecified atom stereocenters. The van der Waals surface area contributed by atoms with Gasteiger partial charge in [0.05, 0.1) is 6.04 Å². The molecule has 2 nitrogen and oxygen atoms in total. The highest BCUT2D eigenvalue weighted by Gasteiger charge is 2.16. The first-order valence-electron chi connectivity index (χ1n) is 6.90. The van der Waals surface area contributed by atoms with Gasteiger partial charge in [0, 0.05) is 10.9 Å². The molecule has 1 atom stereocenters. The summed E-state index contributed by atoms with van der Waals surface area (Å²) in [5.74, 6) is 0. The van der Waals surface area contributed by atoms with Crippen LogP contribution in [0.3, 0.4) is 0 Å². The molecule has 1 aromatic rings. The molecule has 1 aliphatic carbocycles. The van der Waals surface area contributed by atoms with Crippen molar-refractivity contribution in [1.29, 1.82) is 0 Å². The molecule has 1 aromatic heterocycles. The van der Waals surface area contributed by atoms with Crippen LogP contribution >= 0.6 is 23.6 Å². The van der Waals surface area contributed by atoms with Crippen LogP contribution in [0.1, 0.15) is 56.4 Å². The highest BCUT2D eigenvalue weighted by atomic mass is 32.1.